The Morgan fingerprint density at radius 1 is 1.28 bits per heavy atom. The summed E-state index contributed by atoms with van der Waals surface area (Å²) >= 11 is 1.28. The molecule has 3 aromatic rings. The Hall–Kier alpha value is -2.67. The lowest BCUT2D eigenvalue weighted by Gasteiger charge is -2.13. The maximum atomic E-state index is 12.5. The Balaban J connectivity index is 1.44. The summed E-state index contributed by atoms with van der Waals surface area (Å²) in [6, 6.07) is 9.44. The topological polar surface area (TPSA) is 85.1 Å². The van der Waals surface area contributed by atoms with Crippen molar-refractivity contribution in [2.24, 2.45) is 0 Å². The van der Waals surface area contributed by atoms with Gasteiger partial charge in [-0.2, -0.15) is 0 Å². The van der Waals surface area contributed by atoms with Crippen molar-refractivity contribution in [2.75, 3.05) is 5.75 Å². The quantitative estimate of drug-likeness (QED) is 0.349. The minimum absolute atomic E-state index is 0.0802. The number of carbonyl (C=O) groups is 2. The van der Waals surface area contributed by atoms with E-state index in [-0.39, 0.29) is 23.5 Å². The van der Waals surface area contributed by atoms with Crippen molar-refractivity contribution < 1.29 is 14.0 Å². The number of rotatable bonds is 7. The van der Waals surface area contributed by atoms with Gasteiger partial charge < -0.3 is 9.73 Å². The molecule has 1 aliphatic carbocycles. The standard InChI is InChI=1S/C22H23N3O3S/c1-12(18-10-16-6-4-5-7-17(16)28-18)23-19(27)11-29-22-20(14(3)26)13(2)24-21(25-22)15-8-9-15/h4-7,10,12,15H,8-9,11H2,1-3H3,(H,23,27)/t12-/m0/s1. The van der Waals surface area contributed by atoms with Gasteiger partial charge in [0.15, 0.2) is 5.78 Å². The van der Waals surface area contributed by atoms with Crippen LogP contribution in [0.5, 0.6) is 0 Å². The minimum atomic E-state index is -0.253. The number of aromatic nitrogens is 2. The smallest absolute Gasteiger partial charge is 0.230 e. The Kier molecular flexibility index (Phi) is 5.41. The van der Waals surface area contributed by atoms with Crippen LogP contribution >= 0.6 is 11.8 Å². The molecule has 4 rings (SSSR count). The molecule has 150 valence electrons. The SMILES string of the molecule is CC(=O)c1c(C)nc(C2CC2)nc1SCC(=O)N[C@@H](C)c1cc2ccccc2o1. The van der Waals surface area contributed by atoms with Crippen molar-refractivity contribution in [2.45, 2.75) is 50.6 Å². The first kappa shape index (κ1) is 19.6. The van der Waals surface area contributed by atoms with Crippen LogP contribution < -0.4 is 5.32 Å². The molecular weight excluding hydrogens is 386 g/mol. The molecule has 0 saturated heterocycles. The fourth-order valence-corrected chi connectivity index (χ4v) is 4.25. The van der Waals surface area contributed by atoms with E-state index < -0.39 is 0 Å². The van der Waals surface area contributed by atoms with E-state index in [1.165, 1.54) is 18.7 Å². The van der Waals surface area contributed by atoms with Crippen LogP contribution in [0.3, 0.4) is 0 Å². The van der Waals surface area contributed by atoms with Crippen LogP contribution in [0.4, 0.5) is 0 Å². The predicted molar refractivity (Wildman–Crippen MR) is 112 cm³/mol. The first-order chi connectivity index (χ1) is 13.9. The van der Waals surface area contributed by atoms with E-state index in [9.17, 15) is 9.59 Å². The van der Waals surface area contributed by atoms with Crippen molar-refractivity contribution in [3.63, 3.8) is 0 Å². The number of hydrogen-bond donors (Lipinski definition) is 1. The summed E-state index contributed by atoms with van der Waals surface area (Å²) < 4.78 is 5.82. The number of ketones is 1. The number of carbonyl (C=O) groups excluding carboxylic acids is 2. The third-order valence-corrected chi connectivity index (χ3v) is 5.93. The number of Topliss-reactive ketones (excluding diaryl/α,β-unsaturated/α-hetero) is 1. The minimum Gasteiger partial charge on any atom is -0.459 e. The molecule has 29 heavy (non-hydrogen) atoms. The molecule has 0 aliphatic heterocycles. The van der Waals surface area contributed by atoms with Gasteiger partial charge in [0.1, 0.15) is 22.2 Å². The number of aryl methyl sites for hydroxylation is 1. The van der Waals surface area contributed by atoms with Crippen LogP contribution in [0.15, 0.2) is 39.8 Å². The second-order valence-electron chi connectivity index (χ2n) is 7.44. The largest absolute Gasteiger partial charge is 0.459 e. The summed E-state index contributed by atoms with van der Waals surface area (Å²) in [7, 11) is 0. The maximum Gasteiger partial charge on any atom is 0.230 e. The summed E-state index contributed by atoms with van der Waals surface area (Å²) in [6.45, 7) is 5.23. The molecule has 1 N–H and O–H groups in total. The highest BCUT2D eigenvalue weighted by Gasteiger charge is 2.29. The molecule has 1 saturated carbocycles. The zero-order valence-corrected chi connectivity index (χ0v) is 17.5. The van der Waals surface area contributed by atoms with Crippen molar-refractivity contribution in [1.82, 2.24) is 15.3 Å². The number of fused-ring (bicyclic) bond motifs is 1. The Labute approximate surface area is 173 Å². The molecule has 1 aromatic carbocycles. The summed E-state index contributed by atoms with van der Waals surface area (Å²) in [5.41, 5.74) is 2.00. The second-order valence-corrected chi connectivity index (χ2v) is 8.41. The van der Waals surface area contributed by atoms with Gasteiger partial charge in [-0.1, -0.05) is 30.0 Å². The molecule has 0 radical (unpaired) electrons. The Morgan fingerprint density at radius 3 is 2.72 bits per heavy atom. The van der Waals surface area contributed by atoms with Gasteiger partial charge in [0.25, 0.3) is 0 Å². The van der Waals surface area contributed by atoms with Crippen LogP contribution in [0, 0.1) is 6.92 Å². The lowest BCUT2D eigenvalue weighted by atomic mass is 10.1. The van der Waals surface area contributed by atoms with E-state index in [1.807, 2.05) is 44.2 Å². The summed E-state index contributed by atoms with van der Waals surface area (Å²) in [5, 5.41) is 4.56. The number of amides is 1. The van der Waals surface area contributed by atoms with E-state index in [4.69, 9.17) is 4.42 Å². The average molecular weight is 410 g/mol. The molecule has 1 amide bonds. The fraction of sp³-hybridized carbons (Fsp3) is 0.364. The van der Waals surface area contributed by atoms with Gasteiger partial charge in [-0.05, 0) is 45.7 Å². The molecule has 0 bridgehead atoms. The highest BCUT2D eigenvalue weighted by Crippen LogP contribution is 2.39. The van der Waals surface area contributed by atoms with Crippen LogP contribution in [0.1, 0.15) is 66.3 Å². The first-order valence-electron chi connectivity index (χ1n) is 9.72. The summed E-state index contributed by atoms with van der Waals surface area (Å²) in [4.78, 5) is 33.7. The lowest BCUT2D eigenvalue weighted by molar-refractivity contribution is -0.119. The van der Waals surface area contributed by atoms with Crippen LogP contribution in [-0.2, 0) is 4.79 Å². The van der Waals surface area contributed by atoms with Crippen LogP contribution in [0.2, 0.25) is 0 Å². The molecule has 0 unspecified atom stereocenters. The molecular formula is C22H23N3O3S. The number of thioether (sulfide) groups is 1. The molecule has 6 nitrogen and oxygen atoms in total. The highest BCUT2D eigenvalue weighted by atomic mass is 32.2. The highest BCUT2D eigenvalue weighted by molar-refractivity contribution is 8.00. The molecule has 2 heterocycles. The van der Waals surface area contributed by atoms with Gasteiger partial charge in [-0.3, -0.25) is 9.59 Å². The van der Waals surface area contributed by atoms with Crippen molar-refractivity contribution in [3.05, 3.63) is 53.2 Å². The first-order valence-corrected chi connectivity index (χ1v) is 10.7. The van der Waals surface area contributed by atoms with Crippen molar-refractivity contribution >= 4 is 34.4 Å². The number of nitrogens with zero attached hydrogens (tertiary/aromatic N) is 2. The zero-order chi connectivity index (χ0) is 20.5. The average Bonchev–Trinajstić information content (AvgIpc) is 3.43. The van der Waals surface area contributed by atoms with E-state index in [0.717, 1.165) is 29.6 Å². The van der Waals surface area contributed by atoms with E-state index in [1.54, 1.807) is 0 Å². The van der Waals surface area contributed by atoms with E-state index in [2.05, 4.69) is 15.3 Å². The van der Waals surface area contributed by atoms with E-state index >= 15 is 0 Å². The molecule has 1 aliphatic rings. The third-order valence-electron chi connectivity index (χ3n) is 4.96. The number of para-hydroxylation sites is 1. The summed E-state index contributed by atoms with van der Waals surface area (Å²) in [6.07, 6.45) is 2.16. The van der Waals surface area contributed by atoms with Gasteiger partial charge in [0, 0.05) is 11.3 Å². The molecule has 2 aromatic heterocycles. The molecule has 7 heteroatoms. The van der Waals surface area contributed by atoms with Crippen LogP contribution in [0.25, 0.3) is 11.0 Å². The zero-order valence-electron chi connectivity index (χ0n) is 16.7. The molecule has 0 spiro atoms. The normalized spacial score (nSPS) is 14.7. The van der Waals surface area contributed by atoms with Crippen LogP contribution in [-0.4, -0.2) is 27.4 Å². The van der Waals surface area contributed by atoms with Gasteiger partial charge in [-0.15, -0.1) is 0 Å². The van der Waals surface area contributed by atoms with E-state index in [0.29, 0.717) is 28.0 Å². The Bertz CT molecular complexity index is 1060. The third kappa shape index (κ3) is 4.34. The van der Waals surface area contributed by atoms with Gasteiger partial charge in [0.05, 0.1) is 23.1 Å². The van der Waals surface area contributed by atoms with Gasteiger partial charge in [0.2, 0.25) is 5.91 Å². The second kappa shape index (κ2) is 7.99. The van der Waals surface area contributed by atoms with Gasteiger partial charge >= 0.3 is 0 Å². The fourth-order valence-electron chi connectivity index (χ4n) is 3.31. The number of furan rings is 1. The maximum absolute atomic E-state index is 12.5. The molecule has 1 atom stereocenters. The van der Waals surface area contributed by atoms with Gasteiger partial charge in [-0.25, -0.2) is 9.97 Å². The predicted octanol–water partition coefficient (Wildman–Crippen LogP) is 4.58. The van der Waals surface area contributed by atoms with Crippen molar-refractivity contribution in [3.8, 4) is 0 Å². The lowest BCUT2D eigenvalue weighted by Crippen LogP contribution is -2.28. The number of nitrogens with one attached hydrogen (secondary N) is 1. The number of hydrogen-bond acceptors (Lipinski definition) is 6. The molecule has 1 fully saturated rings. The van der Waals surface area contributed by atoms with Crippen molar-refractivity contribution in [1.29, 1.82) is 0 Å². The number of benzene rings is 1. The summed E-state index contributed by atoms with van der Waals surface area (Å²) in [5.74, 6) is 1.83. The monoisotopic (exact) mass is 409 g/mol. The Morgan fingerprint density at radius 2 is 2.03 bits per heavy atom.